The maximum atomic E-state index is 10.6. The molecule has 0 aliphatic rings. The molecule has 0 bridgehead atoms. The van der Waals surface area contributed by atoms with Gasteiger partial charge in [0.05, 0.1) is 6.10 Å². The number of hydrogen-bond donors (Lipinski definition) is 1. The molecule has 0 saturated heterocycles. The second-order valence-corrected chi connectivity index (χ2v) is 6.29. The van der Waals surface area contributed by atoms with Crippen molar-refractivity contribution in [1.82, 2.24) is 0 Å². The number of aliphatic hydroxyl groups excluding tert-OH is 1. The summed E-state index contributed by atoms with van der Waals surface area (Å²) in [4.78, 5) is 0. The fraction of sp³-hybridized carbons (Fsp3) is 0.400. The van der Waals surface area contributed by atoms with Crippen molar-refractivity contribution < 1.29 is 5.11 Å². The van der Waals surface area contributed by atoms with E-state index in [2.05, 4.69) is 69.3 Å². The summed E-state index contributed by atoms with van der Waals surface area (Å²) < 4.78 is 0. The molecule has 0 spiro atoms. The molecule has 1 N–H and O–H groups in total. The van der Waals surface area contributed by atoms with Gasteiger partial charge in [0.2, 0.25) is 0 Å². The average Bonchev–Trinajstić information content (AvgIpc) is 2.53. The number of aliphatic hydroxyl groups is 1. The first-order chi connectivity index (χ1) is 10.1. The Balaban J connectivity index is 2.40. The van der Waals surface area contributed by atoms with Gasteiger partial charge in [-0.25, -0.2) is 0 Å². The lowest BCUT2D eigenvalue weighted by molar-refractivity contribution is 0.0893. The summed E-state index contributed by atoms with van der Waals surface area (Å²) in [7, 11) is 0. The van der Waals surface area contributed by atoms with Crippen LogP contribution in [0.4, 0.5) is 0 Å². The fourth-order valence-electron chi connectivity index (χ4n) is 2.85. The van der Waals surface area contributed by atoms with E-state index >= 15 is 0 Å². The lowest BCUT2D eigenvalue weighted by Gasteiger charge is -2.33. The van der Waals surface area contributed by atoms with Crippen LogP contribution in [0.1, 0.15) is 45.6 Å². The fourth-order valence-corrected chi connectivity index (χ4v) is 2.85. The molecule has 0 fully saturated rings. The van der Waals surface area contributed by atoms with Gasteiger partial charge in [-0.2, -0.15) is 0 Å². The SMILES string of the molecule is CCCCC(O)C(C)(C)c1ccccc1-c1ccccc1. The van der Waals surface area contributed by atoms with Gasteiger partial charge in [0.1, 0.15) is 0 Å². The van der Waals surface area contributed by atoms with Gasteiger partial charge < -0.3 is 5.11 Å². The molecule has 2 rings (SSSR count). The molecule has 1 nitrogen and oxygen atoms in total. The molecule has 0 heterocycles. The number of unbranched alkanes of at least 4 members (excludes halogenated alkanes) is 1. The third-order valence-corrected chi connectivity index (χ3v) is 4.37. The van der Waals surface area contributed by atoms with Gasteiger partial charge in [0.25, 0.3) is 0 Å². The van der Waals surface area contributed by atoms with Crippen LogP contribution in [0.25, 0.3) is 11.1 Å². The topological polar surface area (TPSA) is 20.2 Å². The van der Waals surface area contributed by atoms with Gasteiger partial charge in [0.15, 0.2) is 0 Å². The summed E-state index contributed by atoms with van der Waals surface area (Å²) in [6, 6.07) is 18.9. The van der Waals surface area contributed by atoms with E-state index in [1.807, 2.05) is 6.07 Å². The van der Waals surface area contributed by atoms with Crippen LogP contribution in [-0.2, 0) is 5.41 Å². The predicted molar refractivity (Wildman–Crippen MR) is 90.4 cm³/mol. The second kappa shape index (κ2) is 6.91. The predicted octanol–water partition coefficient (Wildman–Crippen LogP) is 5.18. The Labute approximate surface area is 128 Å². The first kappa shape index (κ1) is 15.8. The van der Waals surface area contributed by atoms with Crippen molar-refractivity contribution >= 4 is 0 Å². The Morgan fingerprint density at radius 1 is 0.952 bits per heavy atom. The van der Waals surface area contributed by atoms with Crippen molar-refractivity contribution in [3.8, 4) is 11.1 Å². The smallest absolute Gasteiger partial charge is 0.0631 e. The lowest BCUT2D eigenvalue weighted by Crippen LogP contribution is -2.34. The van der Waals surface area contributed by atoms with Crippen molar-refractivity contribution in [2.45, 2.75) is 51.6 Å². The highest BCUT2D eigenvalue weighted by molar-refractivity contribution is 5.68. The molecule has 0 aliphatic carbocycles. The molecule has 1 heteroatoms. The van der Waals surface area contributed by atoms with E-state index in [0.29, 0.717) is 0 Å². The highest BCUT2D eigenvalue weighted by Gasteiger charge is 2.31. The molecule has 0 radical (unpaired) electrons. The summed E-state index contributed by atoms with van der Waals surface area (Å²) in [6.07, 6.45) is 2.72. The molecule has 21 heavy (non-hydrogen) atoms. The zero-order valence-electron chi connectivity index (χ0n) is 13.3. The molecule has 1 unspecified atom stereocenters. The summed E-state index contributed by atoms with van der Waals surface area (Å²) >= 11 is 0. The zero-order chi connectivity index (χ0) is 15.3. The van der Waals surface area contributed by atoms with E-state index in [1.165, 1.54) is 16.7 Å². The monoisotopic (exact) mass is 282 g/mol. The van der Waals surface area contributed by atoms with Crippen LogP contribution >= 0.6 is 0 Å². The minimum atomic E-state index is -0.317. The van der Waals surface area contributed by atoms with Gasteiger partial charge in [-0.1, -0.05) is 88.2 Å². The van der Waals surface area contributed by atoms with Crippen LogP contribution in [0.5, 0.6) is 0 Å². The standard InChI is InChI=1S/C20H26O/c1-4-5-15-19(21)20(2,3)18-14-10-9-13-17(18)16-11-7-6-8-12-16/h6-14,19,21H,4-5,15H2,1-3H3. The normalized spacial score (nSPS) is 13.1. The van der Waals surface area contributed by atoms with Crippen molar-refractivity contribution in [1.29, 1.82) is 0 Å². The van der Waals surface area contributed by atoms with Gasteiger partial charge >= 0.3 is 0 Å². The Kier molecular flexibility index (Phi) is 5.19. The first-order valence-electron chi connectivity index (χ1n) is 7.90. The van der Waals surface area contributed by atoms with Crippen LogP contribution in [0.15, 0.2) is 54.6 Å². The van der Waals surface area contributed by atoms with Gasteiger partial charge in [0, 0.05) is 5.41 Å². The van der Waals surface area contributed by atoms with E-state index < -0.39 is 0 Å². The van der Waals surface area contributed by atoms with Gasteiger partial charge in [-0.3, -0.25) is 0 Å². The molecule has 0 aliphatic heterocycles. The van der Waals surface area contributed by atoms with Crippen molar-refractivity contribution in [3.05, 3.63) is 60.2 Å². The van der Waals surface area contributed by atoms with E-state index in [-0.39, 0.29) is 11.5 Å². The van der Waals surface area contributed by atoms with Crippen LogP contribution in [0.3, 0.4) is 0 Å². The third-order valence-electron chi connectivity index (χ3n) is 4.37. The minimum absolute atomic E-state index is 0.248. The van der Waals surface area contributed by atoms with Crippen molar-refractivity contribution in [2.24, 2.45) is 0 Å². The first-order valence-corrected chi connectivity index (χ1v) is 7.90. The van der Waals surface area contributed by atoms with E-state index in [9.17, 15) is 5.11 Å². The van der Waals surface area contributed by atoms with E-state index in [1.54, 1.807) is 0 Å². The second-order valence-electron chi connectivity index (χ2n) is 6.29. The maximum Gasteiger partial charge on any atom is 0.0631 e. The minimum Gasteiger partial charge on any atom is -0.392 e. The van der Waals surface area contributed by atoms with E-state index in [4.69, 9.17) is 0 Å². The highest BCUT2D eigenvalue weighted by atomic mass is 16.3. The number of hydrogen-bond acceptors (Lipinski definition) is 1. The molecule has 1 atom stereocenters. The van der Waals surface area contributed by atoms with Gasteiger partial charge in [-0.15, -0.1) is 0 Å². The van der Waals surface area contributed by atoms with Crippen LogP contribution in [0.2, 0.25) is 0 Å². The molecule has 0 aromatic heterocycles. The largest absolute Gasteiger partial charge is 0.392 e. The van der Waals surface area contributed by atoms with Gasteiger partial charge in [-0.05, 0) is 23.1 Å². The molecule has 0 saturated carbocycles. The maximum absolute atomic E-state index is 10.6. The summed E-state index contributed by atoms with van der Waals surface area (Å²) in [6.45, 7) is 6.46. The molecular weight excluding hydrogens is 256 g/mol. The Hall–Kier alpha value is -1.60. The summed E-state index contributed by atoms with van der Waals surface area (Å²) in [5.41, 5.74) is 3.41. The molecule has 2 aromatic carbocycles. The summed E-state index contributed by atoms with van der Waals surface area (Å²) in [5, 5.41) is 10.6. The van der Waals surface area contributed by atoms with Crippen LogP contribution in [0, 0.1) is 0 Å². The average molecular weight is 282 g/mol. The van der Waals surface area contributed by atoms with Crippen molar-refractivity contribution in [2.75, 3.05) is 0 Å². The quantitative estimate of drug-likeness (QED) is 0.773. The molecule has 112 valence electrons. The Bertz CT molecular complexity index is 557. The van der Waals surface area contributed by atoms with Crippen molar-refractivity contribution in [3.63, 3.8) is 0 Å². The lowest BCUT2D eigenvalue weighted by atomic mass is 9.74. The number of rotatable bonds is 6. The highest BCUT2D eigenvalue weighted by Crippen LogP contribution is 2.36. The Morgan fingerprint density at radius 2 is 1.57 bits per heavy atom. The van der Waals surface area contributed by atoms with Crippen LogP contribution in [-0.4, -0.2) is 11.2 Å². The molecular formula is C20H26O. The summed E-state index contributed by atoms with van der Waals surface area (Å²) in [5.74, 6) is 0. The van der Waals surface area contributed by atoms with E-state index in [0.717, 1.165) is 19.3 Å². The van der Waals surface area contributed by atoms with Crippen LogP contribution < -0.4 is 0 Å². The Morgan fingerprint density at radius 3 is 2.24 bits per heavy atom. The molecule has 0 amide bonds. The third kappa shape index (κ3) is 3.54. The number of benzene rings is 2. The molecule has 2 aromatic rings. The zero-order valence-corrected chi connectivity index (χ0v) is 13.3.